The van der Waals surface area contributed by atoms with Crippen LogP contribution in [0.15, 0.2) is 18.2 Å². The first kappa shape index (κ1) is 17.3. The first-order valence-electron chi connectivity index (χ1n) is 8.42. The third-order valence-electron chi connectivity index (χ3n) is 4.74. The van der Waals surface area contributed by atoms with E-state index in [0.717, 1.165) is 0 Å². The summed E-state index contributed by atoms with van der Waals surface area (Å²) < 4.78 is 5.60. The second-order valence-electron chi connectivity index (χ2n) is 6.52. The molecule has 1 aromatic carbocycles. The van der Waals surface area contributed by atoms with Crippen LogP contribution in [0.1, 0.15) is 31.7 Å². The molecule has 2 aliphatic rings. The second kappa shape index (κ2) is 6.77. The minimum absolute atomic E-state index is 0.000840. The summed E-state index contributed by atoms with van der Waals surface area (Å²) in [6, 6.07) is 5.43. The zero-order valence-corrected chi connectivity index (χ0v) is 14.5. The monoisotopic (exact) mass is 342 g/mol. The van der Waals surface area contributed by atoms with Crippen LogP contribution < -0.4 is 9.64 Å². The van der Waals surface area contributed by atoms with Crippen molar-refractivity contribution in [2.45, 2.75) is 31.8 Å². The number of rotatable bonds is 0. The van der Waals surface area contributed by atoms with Gasteiger partial charge in [0.15, 0.2) is 0 Å². The van der Waals surface area contributed by atoms with Crippen LogP contribution in [0.2, 0.25) is 0 Å². The van der Waals surface area contributed by atoms with Crippen LogP contribution in [0.4, 0.5) is 5.69 Å². The molecular formula is C19H22N2O4. The smallest absolute Gasteiger partial charge is 0.230 e. The van der Waals surface area contributed by atoms with Gasteiger partial charge in [0.2, 0.25) is 11.8 Å². The van der Waals surface area contributed by atoms with Crippen LogP contribution in [0.3, 0.4) is 0 Å². The van der Waals surface area contributed by atoms with E-state index in [1.165, 1.54) is 6.92 Å². The van der Waals surface area contributed by atoms with E-state index in [1.54, 1.807) is 29.0 Å². The maximum atomic E-state index is 12.0. The summed E-state index contributed by atoms with van der Waals surface area (Å²) in [7, 11) is 1.72. The third kappa shape index (κ3) is 3.77. The van der Waals surface area contributed by atoms with E-state index in [-0.39, 0.29) is 11.8 Å². The van der Waals surface area contributed by atoms with Gasteiger partial charge in [-0.25, -0.2) is 0 Å². The molecule has 0 aromatic heterocycles. The average molecular weight is 342 g/mol. The molecule has 0 atom stereocenters. The van der Waals surface area contributed by atoms with Crippen molar-refractivity contribution < 1.29 is 19.4 Å². The number of nitrogens with zero attached hydrogens (tertiary/aromatic N) is 2. The van der Waals surface area contributed by atoms with Crippen molar-refractivity contribution in [1.29, 1.82) is 0 Å². The second-order valence-corrected chi connectivity index (χ2v) is 6.52. The normalized spacial score (nSPS) is 19.2. The fourth-order valence-electron chi connectivity index (χ4n) is 3.03. The first-order chi connectivity index (χ1) is 11.9. The number of amides is 2. The number of benzene rings is 1. The lowest BCUT2D eigenvalue weighted by Crippen LogP contribution is -2.45. The third-order valence-corrected chi connectivity index (χ3v) is 4.74. The minimum Gasteiger partial charge on any atom is -0.491 e. The van der Waals surface area contributed by atoms with Gasteiger partial charge >= 0.3 is 0 Å². The highest BCUT2D eigenvalue weighted by Crippen LogP contribution is 2.31. The Hall–Kier alpha value is -2.52. The van der Waals surface area contributed by atoms with E-state index in [0.29, 0.717) is 56.0 Å². The summed E-state index contributed by atoms with van der Waals surface area (Å²) in [6.45, 7) is 2.92. The number of piperidine rings is 1. The van der Waals surface area contributed by atoms with E-state index in [4.69, 9.17) is 4.74 Å². The number of anilines is 1. The van der Waals surface area contributed by atoms with Gasteiger partial charge in [0, 0.05) is 45.5 Å². The predicted molar refractivity (Wildman–Crippen MR) is 93.3 cm³/mol. The molecule has 1 N–H and O–H groups in total. The number of carbonyl (C=O) groups excluding carboxylic acids is 2. The zero-order valence-electron chi connectivity index (χ0n) is 14.5. The van der Waals surface area contributed by atoms with Gasteiger partial charge in [-0.15, -0.1) is 0 Å². The maximum absolute atomic E-state index is 12.0. The molecule has 0 unspecified atom stereocenters. The van der Waals surface area contributed by atoms with Gasteiger partial charge in [-0.05, 0) is 18.2 Å². The summed E-state index contributed by atoms with van der Waals surface area (Å²) in [5.74, 6) is 6.63. The molecule has 0 radical (unpaired) electrons. The standard InChI is InChI=1S/C19H22N2O4/c1-14(22)21-10-8-19(24,9-11-21)7-5-15-3-4-17-16(13-15)20(2)18(23)6-12-25-17/h3-4,13,24H,6,8-12H2,1-2H3. The number of likely N-dealkylation sites (tertiary alicyclic amines) is 1. The van der Waals surface area contributed by atoms with E-state index < -0.39 is 5.60 Å². The van der Waals surface area contributed by atoms with Crippen LogP contribution in [0, 0.1) is 11.8 Å². The molecule has 0 aliphatic carbocycles. The molecule has 1 saturated heterocycles. The van der Waals surface area contributed by atoms with Crippen molar-refractivity contribution >= 4 is 17.5 Å². The topological polar surface area (TPSA) is 70.1 Å². The zero-order chi connectivity index (χ0) is 18.0. The van der Waals surface area contributed by atoms with Crippen molar-refractivity contribution in [3.8, 4) is 17.6 Å². The van der Waals surface area contributed by atoms with Gasteiger partial charge in [-0.3, -0.25) is 9.59 Å². The average Bonchev–Trinajstić information content (AvgIpc) is 2.73. The predicted octanol–water partition coefficient (Wildman–Crippen LogP) is 1.16. The first-order valence-corrected chi connectivity index (χ1v) is 8.42. The summed E-state index contributed by atoms with van der Waals surface area (Å²) in [5.41, 5.74) is 0.316. The Balaban J connectivity index is 1.79. The van der Waals surface area contributed by atoms with E-state index in [9.17, 15) is 14.7 Å². The Bertz CT molecular complexity index is 754. The van der Waals surface area contributed by atoms with Crippen LogP contribution in [-0.4, -0.2) is 54.2 Å². The van der Waals surface area contributed by atoms with Crippen molar-refractivity contribution in [3.05, 3.63) is 23.8 Å². The molecule has 1 aromatic rings. The molecule has 2 aliphatic heterocycles. The highest BCUT2D eigenvalue weighted by atomic mass is 16.5. The number of aliphatic hydroxyl groups is 1. The molecule has 3 rings (SSSR count). The molecular weight excluding hydrogens is 320 g/mol. The Morgan fingerprint density at radius 2 is 2.04 bits per heavy atom. The lowest BCUT2D eigenvalue weighted by molar-refractivity contribution is -0.131. The Morgan fingerprint density at radius 1 is 1.32 bits per heavy atom. The van der Waals surface area contributed by atoms with Crippen molar-refractivity contribution in [2.75, 3.05) is 31.6 Å². The van der Waals surface area contributed by atoms with Gasteiger partial charge in [0.1, 0.15) is 11.4 Å². The number of hydrogen-bond donors (Lipinski definition) is 1. The maximum Gasteiger partial charge on any atom is 0.230 e. The quantitative estimate of drug-likeness (QED) is 0.718. The van der Waals surface area contributed by atoms with Gasteiger partial charge in [0.25, 0.3) is 0 Å². The van der Waals surface area contributed by atoms with Crippen LogP contribution in [0.25, 0.3) is 0 Å². The van der Waals surface area contributed by atoms with E-state index in [1.807, 2.05) is 6.07 Å². The highest BCUT2D eigenvalue weighted by Gasteiger charge is 2.31. The molecule has 2 heterocycles. The SMILES string of the molecule is CC(=O)N1CCC(O)(C#Cc2ccc3c(c2)N(C)C(=O)CCO3)CC1. The molecule has 0 bridgehead atoms. The molecule has 0 saturated carbocycles. The van der Waals surface area contributed by atoms with Gasteiger partial charge in [-0.1, -0.05) is 11.8 Å². The summed E-state index contributed by atoms with van der Waals surface area (Å²) >= 11 is 0. The van der Waals surface area contributed by atoms with Crippen LogP contribution in [-0.2, 0) is 9.59 Å². The number of carbonyl (C=O) groups is 2. The van der Waals surface area contributed by atoms with Crippen LogP contribution in [0.5, 0.6) is 5.75 Å². The lowest BCUT2D eigenvalue weighted by Gasteiger charge is -2.34. The molecule has 1 fully saturated rings. The van der Waals surface area contributed by atoms with Gasteiger partial charge < -0.3 is 19.6 Å². The molecule has 2 amide bonds. The minimum atomic E-state index is -1.09. The molecule has 0 spiro atoms. The fraction of sp³-hybridized carbons (Fsp3) is 0.474. The molecule has 6 nitrogen and oxygen atoms in total. The number of fused-ring (bicyclic) bond motifs is 1. The molecule has 6 heteroatoms. The van der Waals surface area contributed by atoms with Crippen molar-refractivity contribution in [3.63, 3.8) is 0 Å². The van der Waals surface area contributed by atoms with Crippen molar-refractivity contribution in [1.82, 2.24) is 4.90 Å². The summed E-state index contributed by atoms with van der Waals surface area (Å²) in [5, 5.41) is 10.6. The van der Waals surface area contributed by atoms with E-state index >= 15 is 0 Å². The highest BCUT2D eigenvalue weighted by molar-refractivity contribution is 5.95. The Labute approximate surface area is 147 Å². The Morgan fingerprint density at radius 3 is 2.72 bits per heavy atom. The molecule has 25 heavy (non-hydrogen) atoms. The van der Waals surface area contributed by atoms with Crippen LogP contribution >= 0.6 is 0 Å². The van der Waals surface area contributed by atoms with Gasteiger partial charge in [-0.2, -0.15) is 0 Å². The summed E-state index contributed by atoms with van der Waals surface area (Å²) in [6.07, 6.45) is 1.22. The largest absolute Gasteiger partial charge is 0.491 e. The van der Waals surface area contributed by atoms with E-state index in [2.05, 4.69) is 11.8 Å². The van der Waals surface area contributed by atoms with Crippen molar-refractivity contribution in [2.24, 2.45) is 0 Å². The summed E-state index contributed by atoms with van der Waals surface area (Å²) in [4.78, 5) is 26.6. The van der Waals surface area contributed by atoms with Gasteiger partial charge in [0.05, 0.1) is 18.7 Å². The molecule has 132 valence electrons. The Kier molecular flexibility index (Phi) is 4.69. The number of hydrogen-bond acceptors (Lipinski definition) is 4. The fourth-order valence-corrected chi connectivity index (χ4v) is 3.03. The lowest BCUT2D eigenvalue weighted by atomic mass is 9.91. The number of ether oxygens (including phenoxy) is 1.